The lowest BCUT2D eigenvalue weighted by atomic mass is 10.0. The monoisotopic (exact) mass is 310 g/mol. The number of anilines is 2. The topological polar surface area (TPSA) is 52.6 Å². The van der Waals surface area contributed by atoms with Crippen LogP contribution in [0.25, 0.3) is 0 Å². The van der Waals surface area contributed by atoms with Gasteiger partial charge >= 0.3 is 0 Å². The Kier molecular flexibility index (Phi) is 4.63. The van der Waals surface area contributed by atoms with Gasteiger partial charge in [0.2, 0.25) is 5.91 Å². The average molecular weight is 310 g/mol. The van der Waals surface area contributed by atoms with Gasteiger partial charge in [-0.05, 0) is 49.6 Å². The number of aryl methyl sites for hydroxylation is 1. The van der Waals surface area contributed by atoms with Crippen LogP contribution in [0.1, 0.15) is 24.0 Å². The molecule has 1 atom stereocenters. The average Bonchev–Trinajstić information content (AvgIpc) is 2.58. The molecule has 120 valence electrons. The van der Waals surface area contributed by atoms with Crippen molar-refractivity contribution in [1.82, 2.24) is 0 Å². The summed E-state index contributed by atoms with van der Waals surface area (Å²) < 4.78 is 0. The number of benzene rings is 2. The smallest absolute Gasteiger partial charge is 0.249 e. The van der Waals surface area contributed by atoms with Gasteiger partial charge < -0.3 is 15.3 Å². The van der Waals surface area contributed by atoms with E-state index in [1.54, 1.807) is 0 Å². The van der Waals surface area contributed by atoms with Crippen molar-refractivity contribution in [1.29, 1.82) is 0 Å². The third kappa shape index (κ3) is 3.54. The number of nitrogens with zero attached hydrogens (tertiary/aromatic N) is 1. The van der Waals surface area contributed by atoms with Crippen LogP contribution in [0.5, 0.6) is 0 Å². The zero-order chi connectivity index (χ0) is 16.2. The molecule has 1 saturated heterocycles. The first-order valence-electron chi connectivity index (χ1n) is 8.02. The van der Waals surface area contributed by atoms with Crippen molar-refractivity contribution in [3.8, 4) is 0 Å². The second kappa shape index (κ2) is 6.84. The van der Waals surface area contributed by atoms with Gasteiger partial charge in [0.05, 0.1) is 6.61 Å². The minimum Gasteiger partial charge on any atom is -0.392 e. The number of hydrogen-bond donors (Lipinski definition) is 2. The fraction of sp³-hybridized carbons (Fsp3) is 0.316. The number of hydrogen-bond acceptors (Lipinski definition) is 3. The second-order valence-corrected chi connectivity index (χ2v) is 6.02. The first-order valence-corrected chi connectivity index (χ1v) is 8.02. The highest BCUT2D eigenvalue weighted by molar-refractivity contribution is 5.99. The van der Waals surface area contributed by atoms with Gasteiger partial charge in [0, 0.05) is 17.9 Å². The van der Waals surface area contributed by atoms with E-state index in [1.807, 2.05) is 60.4 Å². The van der Waals surface area contributed by atoms with Gasteiger partial charge in [0.15, 0.2) is 0 Å². The van der Waals surface area contributed by atoms with Gasteiger partial charge in [0.1, 0.15) is 6.04 Å². The van der Waals surface area contributed by atoms with Gasteiger partial charge in [-0.25, -0.2) is 0 Å². The summed E-state index contributed by atoms with van der Waals surface area (Å²) in [5.74, 6) is 0.106. The van der Waals surface area contributed by atoms with Crippen LogP contribution in [0.2, 0.25) is 0 Å². The fourth-order valence-corrected chi connectivity index (χ4v) is 2.95. The van der Waals surface area contributed by atoms with E-state index in [2.05, 4.69) is 5.32 Å². The third-order valence-corrected chi connectivity index (χ3v) is 4.23. The molecule has 1 unspecified atom stereocenters. The molecule has 1 amide bonds. The summed E-state index contributed by atoms with van der Waals surface area (Å²) in [5, 5.41) is 12.5. The number of piperidine rings is 1. The van der Waals surface area contributed by atoms with Crippen LogP contribution < -0.4 is 10.2 Å². The molecule has 2 N–H and O–H groups in total. The Morgan fingerprint density at radius 3 is 2.74 bits per heavy atom. The van der Waals surface area contributed by atoms with Gasteiger partial charge in [-0.3, -0.25) is 4.79 Å². The third-order valence-electron chi connectivity index (χ3n) is 4.23. The summed E-state index contributed by atoms with van der Waals surface area (Å²) >= 11 is 0. The van der Waals surface area contributed by atoms with Crippen molar-refractivity contribution in [3.05, 3.63) is 59.7 Å². The quantitative estimate of drug-likeness (QED) is 0.912. The molecule has 4 nitrogen and oxygen atoms in total. The number of aliphatic hydroxyl groups excluding tert-OH is 1. The largest absolute Gasteiger partial charge is 0.392 e. The maximum absolute atomic E-state index is 12.8. The Hall–Kier alpha value is -2.33. The highest BCUT2D eigenvalue weighted by Gasteiger charge is 2.29. The van der Waals surface area contributed by atoms with Gasteiger partial charge in [-0.15, -0.1) is 0 Å². The Bertz CT molecular complexity index is 682. The molecule has 1 aliphatic heterocycles. The van der Waals surface area contributed by atoms with Gasteiger partial charge in [0.25, 0.3) is 0 Å². The van der Waals surface area contributed by atoms with Crippen LogP contribution in [-0.2, 0) is 11.4 Å². The van der Waals surface area contributed by atoms with Crippen LogP contribution >= 0.6 is 0 Å². The predicted molar refractivity (Wildman–Crippen MR) is 92.5 cm³/mol. The van der Waals surface area contributed by atoms with E-state index in [0.717, 1.165) is 36.3 Å². The molecule has 1 fully saturated rings. The number of aliphatic hydroxyl groups is 1. The predicted octanol–water partition coefficient (Wildman–Crippen LogP) is 3.09. The molecular weight excluding hydrogens is 288 g/mol. The zero-order valence-corrected chi connectivity index (χ0v) is 13.3. The van der Waals surface area contributed by atoms with E-state index in [-0.39, 0.29) is 18.6 Å². The van der Waals surface area contributed by atoms with Crippen molar-refractivity contribution in [2.45, 2.75) is 32.4 Å². The maximum atomic E-state index is 12.8. The highest BCUT2D eigenvalue weighted by Crippen LogP contribution is 2.24. The molecule has 1 heterocycles. The Morgan fingerprint density at radius 1 is 1.22 bits per heavy atom. The lowest BCUT2D eigenvalue weighted by Gasteiger charge is -2.33. The lowest BCUT2D eigenvalue weighted by Crippen LogP contribution is -2.47. The summed E-state index contributed by atoms with van der Waals surface area (Å²) in [7, 11) is 0. The molecule has 2 aromatic carbocycles. The summed E-state index contributed by atoms with van der Waals surface area (Å²) in [6.45, 7) is 2.81. The summed E-state index contributed by atoms with van der Waals surface area (Å²) in [6.07, 6.45) is 1.79. The zero-order valence-electron chi connectivity index (χ0n) is 13.3. The molecule has 1 aliphatic rings. The first kappa shape index (κ1) is 15.6. The van der Waals surface area contributed by atoms with E-state index in [1.165, 1.54) is 5.56 Å². The van der Waals surface area contributed by atoms with Crippen molar-refractivity contribution < 1.29 is 9.90 Å². The molecule has 23 heavy (non-hydrogen) atoms. The minimum atomic E-state index is -0.223. The van der Waals surface area contributed by atoms with Crippen molar-refractivity contribution in [2.75, 3.05) is 16.8 Å². The molecule has 3 rings (SSSR count). The minimum absolute atomic E-state index is 0.00360. The van der Waals surface area contributed by atoms with Crippen molar-refractivity contribution >= 4 is 17.3 Å². The van der Waals surface area contributed by atoms with E-state index in [0.29, 0.717) is 0 Å². The number of rotatable bonds is 4. The van der Waals surface area contributed by atoms with Crippen LogP contribution in [0.3, 0.4) is 0 Å². The normalized spacial score (nSPS) is 18.1. The summed E-state index contributed by atoms with van der Waals surface area (Å²) in [4.78, 5) is 14.6. The number of carbonyl (C=O) groups is 1. The molecule has 4 heteroatoms. The number of amides is 1. The molecule has 0 spiro atoms. The molecule has 0 bridgehead atoms. The standard InChI is InChI=1S/C19H22N2O2/c1-14-7-9-17(10-8-14)21-11-3-6-18(19(21)23)20-16-5-2-4-15(12-16)13-22/h2,4-5,7-10,12,18,20,22H,3,6,11,13H2,1H3. The molecule has 0 aliphatic carbocycles. The van der Waals surface area contributed by atoms with Crippen molar-refractivity contribution in [2.24, 2.45) is 0 Å². The van der Waals surface area contributed by atoms with E-state index < -0.39 is 0 Å². The van der Waals surface area contributed by atoms with E-state index >= 15 is 0 Å². The Morgan fingerprint density at radius 2 is 2.00 bits per heavy atom. The van der Waals surface area contributed by atoms with Crippen LogP contribution in [-0.4, -0.2) is 23.6 Å². The SMILES string of the molecule is Cc1ccc(N2CCCC(Nc3cccc(CO)c3)C2=O)cc1. The molecule has 0 aromatic heterocycles. The fourth-order valence-electron chi connectivity index (χ4n) is 2.95. The van der Waals surface area contributed by atoms with Crippen molar-refractivity contribution in [3.63, 3.8) is 0 Å². The van der Waals surface area contributed by atoms with Crippen LogP contribution in [0.4, 0.5) is 11.4 Å². The van der Waals surface area contributed by atoms with Gasteiger partial charge in [-0.1, -0.05) is 29.8 Å². The van der Waals surface area contributed by atoms with Gasteiger partial charge in [-0.2, -0.15) is 0 Å². The number of nitrogens with one attached hydrogen (secondary N) is 1. The maximum Gasteiger partial charge on any atom is 0.249 e. The highest BCUT2D eigenvalue weighted by atomic mass is 16.3. The lowest BCUT2D eigenvalue weighted by molar-refractivity contribution is -0.120. The van der Waals surface area contributed by atoms with Crippen LogP contribution in [0.15, 0.2) is 48.5 Å². The molecular formula is C19H22N2O2. The van der Waals surface area contributed by atoms with E-state index in [9.17, 15) is 9.90 Å². The Labute approximate surface area is 136 Å². The van der Waals surface area contributed by atoms with Crippen LogP contribution in [0, 0.1) is 6.92 Å². The summed E-state index contributed by atoms with van der Waals surface area (Å²) in [6, 6.07) is 15.4. The molecule has 2 aromatic rings. The number of carbonyl (C=O) groups excluding carboxylic acids is 1. The first-order chi connectivity index (χ1) is 11.2. The van der Waals surface area contributed by atoms with E-state index in [4.69, 9.17) is 0 Å². The summed E-state index contributed by atoms with van der Waals surface area (Å²) in [5.41, 5.74) is 3.86. The Balaban J connectivity index is 1.75. The second-order valence-electron chi connectivity index (χ2n) is 6.02. The molecule has 0 saturated carbocycles. The molecule has 0 radical (unpaired) electrons.